The zero-order chi connectivity index (χ0) is 69.0. The van der Waals surface area contributed by atoms with E-state index in [2.05, 4.69) is 400 Å². The third-order valence-electron chi connectivity index (χ3n) is 20.7. The van der Waals surface area contributed by atoms with Gasteiger partial charge >= 0.3 is 0 Å². The molecule has 0 amide bonds. The molecule has 6 heteroatoms. The van der Waals surface area contributed by atoms with Gasteiger partial charge in [-0.05, 0) is 180 Å². The Bertz CT molecular complexity index is 5250. The molecule has 0 unspecified atom stereocenters. The van der Waals surface area contributed by atoms with Crippen molar-refractivity contribution in [2.45, 2.75) is 105 Å². The van der Waals surface area contributed by atoms with Crippen molar-refractivity contribution >= 4 is 123 Å². The van der Waals surface area contributed by atoms with E-state index in [-0.39, 0.29) is 28.4 Å². The minimum atomic E-state index is -0.255. The summed E-state index contributed by atoms with van der Waals surface area (Å²) in [5, 5.41) is 2.47. The average molecular weight is 1310 g/mol. The molecule has 0 bridgehead atoms. The summed E-state index contributed by atoms with van der Waals surface area (Å²) in [5.41, 5.74) is 29.0. The van der Waals surface area contributed by atoms with Crippen molar-refractivity contribution in [1.82, 2.24) is 0 Å². The second-order valence-electron chi connectivity index (χ2n) is 31.4. The summed E-state index contributed by atoms with van der Waals surface area (Å²) >= 11 is 1.94. The van der Waals surface area contributed by atoms with Crippen molar-refractivity contribution in [1.29, 1.82) is 0 Å². The van der Waals surface area contributed by atoms with E-state index in [4.69, 9.17) is 0 Å². The highest BCUT2D eigenvalue weighted by atomic mass is 32.1. The fourth-order valence-electron chi connectivity index (χ4n) is 15.3. The first-order valence-corrected chi connectivity index (χ1v) is 36.2. The van der Waals surface area contributed by atoms with Crippen LogP contribution >= 0.6 is 11.3 Å². The molecule has 100 heavy (non-hydrogen) atoms. The minimum absolute atomic E-state index is 0.0230. The number of hydrogen-bond acceptors (Lipinski definition) is 5. The Hall–Kier alpha value is -10.7. The van der Waals surface area contributed by atoms with Crippen molar-refractivity contribution in [2.24, 2.45) is 0 Å². The van der Waals surface area contributed by atoms with Gasteiger partial charge in [-0.25, -0.2) is 0 Å². The van der Waals surface area contributed by atoms with Crippen LogP contribution in [0.1, 0.15) is 105 Å². The predicted octanol–water partition coefficient (Wildman–Crippen LogP) is 25.3. The zero-order valence-corrected chi connectivity index (χ0v) is 60.4. The van der Waals surface area contributed by atoms with Gasteiger partial charge in [0.15, 0.2) is 0 Å². The van der Waals surface area contributed by atoms with Crippen LogP contribution in [0.5, 0.6) is 0 Å². The number of fused-ring (bicyclic) bond motifs is 8. The molecule has 0 saturated carbocycles. The Balaban J connectivity index is 1.07. The number of nitrogens with zero attached hydrogens (tertiary/aromatic N) is 4. The smallest absolute Gasteiger partial charge is 0.254 e. The highest BCUT2D eigenvalue weighted by Gasteiger charge is 2.47. The number of rotatable bonds is 11. The van der Waals surface area contributed by atoms with Gasteiger partial charge in [0.1, 0.15) is 0 Å². The minimum Gasteiger partial charge on any atom is -0.311 e. The second kappa shape index (κ2) is 24.7. The third kappa shape index (κ3) is 11.4. The molecule has 13 aromatic carbocycles. The molecule has 0 N–H and O–H groups in total. The fourth-order valence-corrected chi connectivity index (χ4v) is 16.6. The van der Waals surface area contributed by atoms with E-state index in [1.54, 1.807) is 0 Å². The molecule has 0 radical (unpaired) electrons. The molecule has 4 nitrogen and oxygen atoms in total. The zero-order valence-electron chi connectivity index (χ0n) is 59.6. The average Bonchev–Trinajstić information content (AvgIpc) is 1.13. The van der Waals surface area contributed by atoms with Crippen LogP contribution in [0.25, 0.3) is 53.6 Å². The van der Waals surface area contributed by atoms with Crippen LogP contribution in [0.2, 0.25) is 0 Å². The van der Waals surface area contributed by atoms with Crippen molar-refractivity contribution in [3.8, 4) is 33.4 Å². The SMILES string of the molecule is CC(C)(C)c1ccc(N(c2ccc(C(C)(C)C)cc2)c2ccc3c(c2)N(c2ccccc2-c2ccccc2)c2cc(-c4ccccc4)cc4c2B3c2c(cc(N(c3ccc(C(C)(C)C)cc3)c3ccc(C(C)(C)C)cc3)c3c2sc2ccccc23)N4c2ccccc2-c2ccccc2)cc1. The highest BCUT2D eigenvalue weighted by molar-refractivity contribution is 7.28. The summed E-state index contributed by atoms with van der Waals surface area (Å²) in [6.45, 7) is 27.4. The predicted molar refractivity (Wildman–Crippen MR) is 434 cm³/mol. The largest absolute Gasteiger partial charge is 0.311 e. The molecule has 2 aliphatic heterocycles. The van der Waals surface area contributed by atoms with Crippen LogP contribution in [-0.4, -0.2) is 6.71 Å². The lowest BCUT2D eigenvalue weighted by Crippen LogP contribution is -2.61. The first-order valence-electron chi connectivity index (χ1n) is 35.4. The van der Waals surface area contributed by atoms with Gasteiger partial charge in [-0.2, -0.15) is 0 Å². The number of hydrogen-bond donors (Lipinski definition) is 0. The quantitative estimate of drug-likeness (QED) is 0.120. The maximum atomic E-state index is 2.67. The van der Waals surface area contributed by atoms with E-state index in [9.17, 15) is 0 Å². The van der Waals surface area contributed by atoms with E-state index in [0.29, 0.717) is 0 Å². The van der Waals surface area contributed by atoms with Gasteiger partial charge < -0.3 is 19.6 Å². The van der Waals surface area contributed by atoms with Crippen molar-refractivity contribution in [2.75, 3.05) is 19.6 Å². The topological polar surface area (TPSA) is 13.0 Å². The molecule has 0 aliphatic carbocycles. The van der Waals surface area contributed by atoms with Crippen LogP contribution in [-0.2, 0) is 21.7 Å². The van der Waals surface area contributed by atoms with Crippen LogP contribution < -0.4 is 36.0 Å². The van der Waals surface area contributed by atoms with E-state index >= 15 is 0 Å². The Labute approximate surface area is 596 Å². The van der Waals surface area contributed by atoms with Crippen molar-refractivity contribution in [3.63, 3.8) is 0 Å². The molecule has 14 aromatic rings. The second-order valence-corrected chi connectivity index (χ2v) is 32.4. The Morgan fingerprint density at radius 1 is 0.290 bits per heavy atom. The Morgan fingerprint density at radius 2 is 0.660 bits per heavy atom. The summed E-state index contributed by atoms with van der Waals surface area (Å²) in [6, 6.07) is 113. The lowest BCUT2D eigenvalue weighted by Gasteiger charge is -2.46. The van der Waals surface area contributed by atoms with Gasteiger partial charge in [0.25, 0.3) is 6.71 Å². The van der Waals surface area contributed by atoms with Crippen molar-refractivity contribution < 1.29 is 0 Å². The molecule has 0 atom stereocenters. The molecule has 16 rings (SSSR count). The number of thiophene rings is 1. The van der Waals surface area contributed by atoms with E-state index in [1.165, 1.54) is 58.8 Å². The summed E-state index contributed by atoms with van der Waals surface area (Å²) in [7, 11) is 0. The monoisotopic (exact) mass is 1310 g/mol. The summed E-state index contributed by atoms with van der Waals surface area (Å²) < 4.78 is 2.51. The Kier molecular flexibility index (Phi) is 15.8. The summed E-state index contributed by atoms with van der Waals surface area (Å²) in [4.78, 5) is 10.3. The molecule has 2 aliphatic rings. The molecule has 0 spiro atoms. The molecule has 0 fully saturated rings. The molecule has 1 aromatic heterocycles. The maximum Gasteiger partial charge on any atom is 0.254 e. The molecular formula is C94H85BN4S. The first-order chi connectivity index (χ1) is 48.2. The third-order valence-corrected chi connectivity index (χ3v) is 21.9. The standard InChI is InChI=1S/C94H85BN4S/c1-91(2,3)66-40-48-70(49-41-66)96(71-50-42-67(43-51-71)92(4,5)6)74-56-57-78-81(60-74)98(79-37-25-22-34-75(79)63-30-18-14-19-31-63)83-58-65(62-28-16-13-17-29-62)59-84-88(83)95(78)89-85(99(84)80-38-26-23-35-76(80)64-32-20-15-21-33-64)61-82(87-77-36-24-27-39-86(77)100-90(87)89)97(72-52-44-68(45-53-72)93(7,8)9)73-54-46-69(47-55-73)94(10,11)12/h13-61H,1-12H3. The summed E-state index contributed by atoms with van der Waals surface area (Å²) in [6.07, 6.45) is 0. The maximum absolute atomic E-state index is 2.67. The highest BCUT2D eigenvalue weighted by Crippen LogP contribution is 2.55. The van der Waals surface area contributed by atoms with Crippen LogP contribution in [0.3, 0.4) is 0 Å². The number of anilines is 12. The lowest BCUT2D eigenvalue weighted by atomic mass is 9.33. The van der Waals surface area contributed by atoms with Gasteiger partial charge in [0, 0.05) is 82.5 Å². The van der Waals surface area contributed by atoms with Crippen LogP contribution in [0.4, 0.5) is 68.2 Å². The summed E-state index contributed by atoms with van der Waals surface area (Å²) in [5.74, 6) is 0. The van der Waals surface area contributed by atoms with Gasteiger partial charge in [0.05, 0.1) is 17.1 Å². The van der Waals surface area contributed by atoms with E-state index < -0.39 is 0 Å². The molecule has 490 valence electrons. The van der Waals surface area contributed by atoms with Gasteiger partial charge in [-0.1, -0.05) is 283 Å². The van der Waals surface area contributed by atoms with Crippen LogP contribution in [0.15, 0.2) is 297 Å². The molecule has 0 saturated heterocycles. The normalized spacial score (nSPS) is 12.9. The van der Waals surface area contributed by atoms with Crippen LogP contribution in [0, 0.1) is 0 Å². The lowest BCUT2D eigenvalue weighted by molar-refractivity contribution is 0.590. The Morgan fingerprint density at radius 3 is 1.11 bits per heavy atom. The first kappa shape index (κ1) is 64.0. The van der Waals surface area contributed by atoms with Gasteiger partial charge in [-0.3, -0.25) is 0 Å². The molecular weight excluding hydrogens is 1230 g/mol. The number of para-hydroxylation sites is 2. The fraction of sp³-hybridized carbons (Fsp3) is 0.170. The molecule has 3 heterocycles. The number of benzene rings is 13. The van der Waals surface area contributed by atoms with E-state index in [0.717, 1.165) is 102 Å². The van der Waals surface area contributed by atoms with Gasteiger partial charge in [-0.15, -0.1) is 11.3 Å². The van der Waals surface area contributed by atoms with E-state index in [1.807, 2.05) is 11.3 Å². The van der Waals surface area contributed by atoms with Gasteiger partial charge in [0.2, 0.25) is 0 Å². The van der Waals surface area contributed by atoms with Crippen molar-refractivity contribution in [3.05, 3.63) is 320 Å².